The number of nitrogens with one attached hydrogen (secondary N) is 1. The molecule has 1 heterocycles. The fourth-order valence-electron chi connectivity index (χ4n) is 1.27. The molecule has 5 nitrogen and oxygen atoms in total. The maximum Gasteiger partial charge on any atom is 0.165 e. The van der Waals surface area contributed by atoms with E-state index in [-0.39, 0.29) is 0 Å². The van der Waals surface area contributed by atoms with E-state index >= 15 is 0 Å². The molecule has 76 valence electrons. The average Bonchev–Trinajstić information content (AvgIpc) is 2.29. The van der Waals surface area contributed by atoms with Crippen molar-refractivity contribution in [2.24, 2.45) is 10.8 Å². The highest BCUT2D eigenvalue weighted by molar-refractivity contribution is 5.91. The summed E-state index contributed by atoms with van der Waals surface area (Å²) in [6, 6.07) is 7.70. The van der Waals surface area contributed by atoms with Crippen molar-refractivity contribution in [2.75, 3.05) is 0 Å². The van der Waals surface area contributed by atoms with Gasteiger partial charge in [0, 0.05) is 5.39 Å². The van der Waals surface area contributed by atoms with E-state index in [0.29, 0.717) is 11.7 Å². The summed E-state index contributed by atoms with van der Waals surface area (Å²) in [4.78, 5) is 12.5. The van der Waals surface area contributed by atoms with E-state index < -0.39 is 0 Å². The van der Waals surface area contributed by atoms with E-state index in [1.807, 2.05) is 24.3 Å². The molecule has 0 radical (unpaired) electrons. The Morgan fingerprint density at radius 1 is 1.33 bits per heavy atom. The number of fused-ring (bicyclic) bond motifs is 1. The van der Waals surface area contributed by atoms with Crippen LogP contribution in [0, 0.1) is 0 Å². The summed E-state index contributed by atoms with van der Waals surface area (Å²) < 4.78 is 0. The molecule has 15 heavy (non-hydrogen) atoms. The van der Waals surface area contributed by atoms with Gasteiger partial charge < -0.3 is 5.43 Å². The molecule has 2 rings (SSSR count). The molecule has 0 saturated heterocycles. The van der Waals surface area contributed by atoms with Gasteiger partial charge in [0.05, 0.1) is 5.52 Å². The Morgan fingerprint density at radius 2 is 2.13 bits per heavy atom. The molecule has 0 fully saturated rings. The number of amidine groups is 1. The molecule has 0 aliphatic heterocycles. The van der Waals surface area contributed by atoms with Crippen LogP contribution in [0.15, 0.2) is 35.6 Å². The summed E-state index contributed by atoms with van der Waals surface area (Å²) in [5.41, 5.74) is 3.34. The van der Waals surface area contributed by atoms with Gasteiger partial charge in [-0.1, -0.05) is 12.1 Å². The second kappa shape index (κ2) is 4.02. The second-order valence-corrected chi connectivity index (χ2v) is 3.06. The highest BCUT2D eigenvalue weighted by atomic mass is 15.3. The Morgan fingerprint density at radius 3 is 2.93 bits per heavy atom. The van der Waals surface area contributed by atoms with E-state index in [1.54, 1.807) is 6.92 Å². The summed E-state index contributed by atoms with van der Waals surface area (Å²) in [5, 5.41) is 0.912. The van der Waals surface area contributed by atoms with Crippen LogP contribution in [0.2, 0.25) is 0 Å². The predicted molar refractivity (Wildman–Crippen MR) is 59.6 cm³/mol. The molecule has 3 N–H and O–H groups in total. The molecule has 2 aromatic rings. The minimum atomic E-state index is 0.610. The number of rotatable bonds is 1. The summed E-state index contributed by atoms with van der Waals surface area (Å²) in [6.07, 6.45) is 1.49. The first-order chi connectivity index (χ1) is 7.31. The summed E-state index contributed by atoms with van der Waals surface area (Å²) in [5.74, 6) is 6.47. The first-order valence-corrected chi connectivity index (χ1v) is 4.53. The minimum absolute atomic E-state index is 0.610. The van der Waals surface area contributed by atoms with Gasteiger partial charge in [-0.15, -0.1) is 0 Å². The highest BCUT2D eigenvalue weighted by Crippen LogP contribution is 2.20. The van der Waals surface area contributed by atoms with Crippen LogP contribution in [0.3, 0.4) is 0 Å². The number of hydrazine groups is 1. The van der Waals surface area contributed by atoms with Crippen LogP contribution < -0.4 is 11.3 Å². The van der Waals surface area contributed by atoms with Crippen LogP contribution in [0.25, 0.3) is 10.9 Å². The largest absolute Gasteiger partial charge is 0.312 e. The Labute approximate surface area is 87.0 Å². The predicted octanol–water partition coefficient (Wildman–Crippen LogP) is 1.14. The van der Waals surface area contributed by atoms with Gasteiger partial charge in [-0.25, -0.2) is 20.8 Å². The molecular weight excluding hydrogens is 190 g/mol. The van der Waals surface area contributed by atoms with Crippen LogP contribution >= 0.6 is 0 Å². The summed E-state index contributed by atoms with van der Waals surface area (Å²) in [6.45, 7) is 1.77. The molecule has 1 aromatic heterocycles. The van der Waals surface area contributed by atoms with Gasteiger partial charge in [-0.2, -0.15) is 0 Å². The zero-order chi connectivity index (χ0) is 10.7. The lowest BCUT2D eigenvalue weighted by Gasteiger charge is -2.01. The second-order valence-electron chi connectivity index (χ2n) is 3.06. The van der Waals surface area contributed by atoms with Gasteiger partial charge in [-0.05, 0) is 19.1 Å². The van der Waals surface area contributed by atoms with Crippen molar-refractivity contribution in [3.63, 3.8) is 0 Å². The minimum Gasteiger partial charge on any atom is -0.312 e. The third-order valence-corrected chi connectivity index (χ3v) is 2.00. The fraction of sp³-hybridized carbons (Fsp3) is 0.100. The van der Waals surface area contributed by atoms with Crippen molar-refractivity contribution < 1.29 is 0 Å². The van der Waals surface area contributed by atoms with Crippen LogP contribution in [-0.4, -0.2) is 15.8 Å². The van der Waals surface area contributed by atoms with E-state index in [0.717, 1.165) is 10.9 Å². The van der Waals surface area contributed by atoms with Crippen molar-refractivity contribution in [3.8, 4) is 0 Å². The fourth-order valence-corrected chi connectivity index (χ4v) is 1.27. The molecule has 0 aliphatic carbocycles. The molecule has 0 amide bonds. The molecule has 0 unspecified atom stereocenters. The summed E-state index contributed by atoms with van der Waals surface area (Å²) >= 11 is 0. The normalized spacial score (nSPS) is 11.7. The lowest BCUT2D eigenvalue weighted by Crippen LogP contribution is -2.27. The maximum atomic E-state index is 5.24. The van der Waals surface area contributed by atoms with Crippen LogP contribution in [0.1, 0.15) is 6.92 Å². The standard InChI is InChI=1S/C10H11N5/c1-7(15-11)14-10-8-4-2-3-5-9(8)12-6-13-10/h2-6H,11H2,1H3,(H,12,13,14,15). The molecular formula is C10H11N5. The van der Waals surface area contributed by atoms with Crippen LogP contribution in [-0.2, 0) is 0 Å². The van der Waals surface area contributed by atoms with Crippen LogP contribution in [0.4, 0.5) is 5.82 Å². The Bertz CT molecular complexity index is 501. The van der Waals surface area contributed by atoms with Crippen molar-refractivity contribution >= 4 is 22.6 Å². The lowest BCUT2D eigenvalue weighted by molar-refractivity contribution is 1.01. The first-order valence-electron chi connectivity index (χ1n) is 4.53. The van der Waals surface area contributed by atoms with Crippen molar-refractivity contribution in [1.82, 2.24) is 15.4 Å². The molecule has 0 saturated carbocycles. The van der Waals surface area contributed by atoms with Gasteiger partial charge in [-0.3, -0.25) is 0 Å². The van der Waals surface area contributed by atoms with Crippen molar-refractivity contribution in [3.05, 3.63) is 30.6 Å². The van der Waals surface area contributed by atoms with Gasteiger partial charge >= 0.3 is 0 Å². The van der Waals surface area contributed by atoms with Gasteiger partial charge in [0.2, 0.25) is 0 Å². The molecule has 0 atom stereocenters. The van der Waals surface area contributed by atoms with Gasteiger partial charge in [0.15, 0.2) is 5.82 Å². The van der Waals surface area contributed by atoms with Gasteiger partial charge in [0.25, 0.3) is 0 Å². The zero-order valence-corrected chi connectivity index (χ0v) is 8.31. The molecule has 0 aliphatic rings. The van der Waals surface area contributed by atoms with E-state index in [4.69, 9.17) is 5.84 Å². The quantitative estimate of drug-likeness (QED) is 0.314. The number of hydrogen-bond donors (Lipinski definition) is 2. The first kappa shape index (κ1) is 9.54. The van der Waals surface area contributed by atoms with Crippen LogP contribution in [0.5, 0.6) is 0 Å². The smallest absolute Gasteiger partial charge is 0.165 e. The van der Waals surface area contributed by atoms with Gasteiger partial charge in [0.1, 0.15) is 12.2 Å². The Balaban J connectivity index is 2.61. The zero-order valence-electron chi connectivity index (χ0n) is 8.31. The number of nitrogens with two attached hydrogens (primary N) is 1. The summed E-state index contributed by atoms with van der Waals surface area (Å²) in [7, 11) is 0. The van der Waals surface area contributed by atoms with Crippen molar-refractivity contribution in [1.29, 1.82) is 0 Å². The average molecular weight is 201 g/mol. The number of aromatic nitrogens is 2. The third kappa shape index (κ3) is 1.92. The molecule has 1 aromatic carbocycles. The Kier molecular flexibility index (Phi) is 2.55. The SMILES string of the molecule is CC(=Nc1ncnc2ccccc12)NN. The lowest BCUT2D eigenvalue weighted by atomic mass is 10.2. The number of hydrogen-bond acceptors (Lipinski definition) is 4. The Hall–Kier alpha value is -2.01. The van der Waals surface area contributed by atoms with E-state index in [1.165, 1.54) is 6.33 Å². The van der Waals surface area contributed by atoms with E-state index in [9.17, 15) is 0 Å². The monoisotopic (exact) mass is 201 g/mol. The molecule has 0 bridgehead atoms. The highest BCUT2D eigenvalue weighted by Gasteiger charge is 2.00. The number of benzene rings is 1. The third-order valence-electron chi connectivity index (χ3n) is 2.00. The number of aliphatic imine (C=N–C) groups is 1. The molecule has 5 heteroatoms. The topological polar surface area (TPSA) is 76.2 Å². The maximum absolute atomic E-state index is 5.24. The number of nitrogens with zero attached hydrogens (tertiary/aromatic N) is 3. The molecule has 0 spiro atoms. The van der Waals surface area contributed by atoms with Crippen molar-refractivity contribution in [2.45, 2.75) is 6.92 Å². The van der Waals surface area contributed by atoms with E-state index in [2.05, 4.69) is 20.4 Å². The number of para-hydroxylation sites is 1.